The van der Waals surface area contributed by atoms with Gasteiger partial charge in [0.05, 0.1) is 12.4 Å². The fraction of sp³-hybridized carbons (Fsp3) is 0.875. The van der Waals surface area contributed by atoms with Gasteiger partial charge in [-0.05, 0) is 50.0 Å². The SMILES string of the molecule is CCC[C@H](C)C1=C(OCC)C(C(C)C)CCC1. The summed E-state index contributed by atoms with van der Waals surface area (Å²) in [5, 5.41) is 0. The molecule has 0 N–H and O–H groups in total. The molecular weight excluding hydrogens is 208 g/mol. The third-order valence-electron chi connectivity index (χ3n) is 4.04. The van der Waals surface area contributed by atoms with E-state index in [4.69, 9.17) is 4.74 Å². The minimum atomic E-state index is 0.665. The second-order valence-corrected chi connectivity index (χ2v) is 5.75. The summed E-state index contributed by atoms with van der Waals surface area (Å²) in [4.78, 5) is 0. The Morgan fingerprint density at radius 2 is 1.94 bits per heavy atom. The highest BCUT2D eigenvalue weighted by molar-refractivity contribution is 5.18. The van der Waals surface area contributed by atoms with Crippen molar-refractivity contribution in [1.82, 2.24) is 0 Å². The van der Waals surface area contributed by atoms with Crippen LogP contribution in [0.25, 0.3) is 0 Å². The topological polar surface area (TPSA) is 9.23 Å². The monoisotopic (exact) mass is 238 g/mol. The maximum Gasteiger partial charge on any atom is 0.0987 e. The fourth-order valence-corrected chi connectivity index (χ4v) is 3.09. The van der Waals surface area contributed by atoms with E-state index in [2.05, 4.69) is 34.6 Å². The van der Waals surface area contributed by atoms with Gasteiger partial charge in [0.15, 0.2) is 0 Å². The quantitative estimate of drug-likeness (QED) is 0.620. The molecule has 1 nitrogen and oxygen atoms in total. The van der Waals surface area contributed by atoms with Crippen molar-refractivity contribution in [2.24, 2.45) is 17.8 Å². The van der Waals surface area contributed by atoms with Crippen molar-refractivity contribution in [2.45, 2.75) is 66.7 Å². The Kier molecular flexibility index (Phi) is 6.08. The second-order valence-electron chi connectivity index (χ2n) is 5.75. The molecule has 1 rings (SSSR count). The Bertz CT molecular complexity index is 252. The molecule has 0 fully saturated rings. The van der Waals surface area contributed by atoms with Crippen molar-refractivity contribution in [3.8, 4) is 0 Å². The zero-order chi connectivity index (χ0) is 12.8. The summed E-state index contributed by atoms with van der Waals surface area (Å²) in [6, 6.07) is 0. The highest BCUT2D eigenvalue weighted by atomic mass is 16.5. The van der Waals surface area contributed by atoms with Crippen LogP contribution in [-0.2, 0) is 4.74 Å². The lowest BCUT2D eigenvalue weighted by atomic mass is 9.77. The molecule has 0 saturated heterocycles. The smallest absolute Gasteiger partial charge is 0.0987 e. The number of rotatable bonds is 6. The Hall–Kier alpha value is -0.460. The van der Waals surface area contributed by atoms with Crippen molar-refractivity contribution < 1.29 is 4.74 Å². The standard InChI is InChI=1S/C16H30O/c1-6-9-13(5)15-11-8-10-14(12(3)4)16(15)17-7-2/h12-14H,6-11H2,1-5H3/t13-,14?/m0/s1. The highest BCUT2D eigenvalue weighted by Crippen LogP contribution is 2.39. The summed E-state index contributed by atoms with van der Waals surface area (Å²) in [7, 11) is 0. The van der Waals surface area contributed by atoms with E-state index in [1.54, 1.807) is 5.57 Å². The normalized spacial score (nSPS) is 23.1. The van der Waals surface area contributed by atoms with Crippen LogP contribution in [0.15, 0.2) is 11.3 Å². The molecular formula is C16H30O. The van der Waals surface area contributed by atoms with E-state index in [9.17, 15) is 0 Å². The van der Waals surface area contributed by atoms with E-state index in [-0.39, 0.29) is 0 Å². The molecule has 17 heavy (non-hydrogen) atoms. The van der Waals surface area contributed by atoms with Gasteiger partial charge in [0.2, 0.25) is 0 Å². The molecule has 0 radical (unpaired) electrons. The molecule has 0 aliphatic heterocycles. The van der Waals surface area contributed by atoms with Gasteiger partial charge < -0.3 is 4.74 Å². The van der Waals surface area contributed by atoms with Gasteiger partial charge in [-0.25, -0.2) is 0 Å². The summed E-state index contributed by atoms with van der Waals surface area (Å²) >= 11 is 0. The Morgan fingerprint density at radius 3 is 2.47 bits per heavy atom. The van der Waals surface area contributed by atoms with E-state index < -0.39 is 0 Å². The largest absolute Gasteiger partial charge is 0.498 e. The summed E-state index contributed by atoms with van der Waals surface area (Å²) in [6.07, 6.45) is 6.50. The van der Waals surface area contributed by atoms with Crippen LogP contribution < -0.4 is 0 Å². The van der Waals surface area contributed by atoms with Crippen LogP contribution in [0.2, 0.25) is 0 Å². The van der Waals surface area contributed by atoms with Gasteiger partial charge >= 0.3 is 0 Å². The van der Waals surface area contributed by atoms with Crippen molar-refractivity contribution in [2.75, 3.05) is 6.61 Å². The Labute approximate surface area is 108 Å². The summed E-state index contributed by atoms with van der Waals surface area (Å²) in [6.45, 7) is 12.2. The molecule has 1 unspecified atom stereocenters. The zero-order valence-corrected chi connectivity index (χ0v) is 12.4. The molecule has 1 heteroatoms. The van der Waals surface area contributed by atoms with Gasteiger partial charge in [0.1, 0.15) is 0 Å². The molecule has 0 aromatic rings. The summed E-state index contributed by atoms with van der Waals surface area (Å²) in [5.74, 6) is 3.44. The van der Waals surface area contributed by atoms with Gasteiger partial charge in [-0.15, -0.1) is 0 Å². The Balaban J connectivity index is 2.93. The third-order valence-corrected chi connectivity index (χ3v) is 4.04. The van der Waals surface area contributed by atoms with Crippen LogP contribution in [0, 0.1) is 17.8 Å². The summed E-state index contributed by atoms with van der Waals surface area (Å²) in [5.41, 5.74) is 1.62. The lowest BCUT2D eigenvalue weighted by Gasteiger charge is -2.33. The predicted octanol–water partition coefficient (Wildman–Crippen LogP) is 5.17. The lowest BCUT2D eigenvalue weighted by molar-refractivity contribution is 0.148. The average molecular weight is 238 g/mol. The molecule has 0 saturated carbocycles. The lowest BCUT2D eigenvalue weighted by Crippen LogP contribution is -2.22. The minimum Gasteiger partial charge on any atom is -0.498 e. The molecule has 2 atom stereocenters. The van der Waals surface area contributed by atoms with E-state index >= 15 is 0 Å². The van der Waals surface area contributed by atoms with Crippen LogP contribution in [0.4, 0.5) is 0 Å². The molecule has 0 heterocycles. The van der Waals surface area contributed by atoms with Gasteiger partial charge in [0, 0.05) is 5.92 Å². The first kappa shape index (κ1) is 14.6. The van der Waals surface area contributed by atoms with Gasteiger partial charge in [-0.2, -0.15) is 0 Å². The molecule has 0 bridgehead atoms. The van der Waals surface area contributed by atoms with Crippen molar-refractivity contribution in [3.63, 3.8) is 0 Å². The third kappa shape index (κ3) is 3.76. The van der Waals surface area contributed by atoms with E-state index in [1.807, 2.05) is 0 Å². The van der Waals surface area contributed by atoms with Crippen molar-refractivity contribution in [1.29, 1.82) is 0 Å². The molecule has 100 valence electrons. The number of allylic oxidation sites excluding steroid dienone is 2. The van der Waals surface area contributed by atoms with Crippen LogP contribution in [0.3, 0.4) is 0 Å². The molecule has 1 aliphatic carbocycles. The zero-order valence-electron chi connectivity index (χ0n) is 12.4. The number of hydrogen-bond donors (Lipinski definition) is 0. The summed E-state index contributed by atoms with van der Waals surface area (Å²) < 4.78 is 6.02. The van der Waals surface area contributed by atoms with Gasteiger partial charge in [-0.3, -0.25) is 0 Å². The Morgan fingerprint density at radius 1 is 1.24 bits per heavy atom. The molecule has 1 aliphatic rings. The first-order valence-electron chi connectivity index (χ1n) is 7.47. The molecule has 0 aromatic carbocycles. The van der Waals surface area contributed by atoms with Crippen LogP contribution in [0.1, 0.15) is 66.7 Å². The van der Waals surface area contributed by atoms with Gasteiger partial charge in [-0.1, -0.05) is 34.1 Å². The van der Waals surface area contributed by atoms with Crippen LogP contribution in [-0.4, -0.2) is 6.61 Å². The van der Waals surface area contributed by atoms with E-state index in [0.29, 0.717) is 17.8 Å². The van der Waals surface area contributed by atoms with Crippen LogP contribution in [0.5, 0.6) is 0 Å². The van der Waals surface area contributed by atoms with Crippen molar-refractivity contribution >= 4 is 0 Å². The minimum absolute atomic E-state index is 0.665. The average Bonchev–Trinajstić information content (AvgIpc) is 2.29. The number of ether oxygens (including phenoxy) is 1. The van der Waals surface area contributed by atoms with E-state index in [1.165, 1.54) is 37.9 Å². The fourth-order valence-electron chi connectivity index (χ4n) is 3.09. The molecule has 0 spiro atoms. The first-order chi connectivity index (χ1) is 8.11. The molecule has 0 aromatic heterocycles. The molecule has 0 amide bonds. The first-order valence-corrected chi connectivity index (χ1v) is 7.47. The van der Waals surface area contributed by atoms with Crippen molar-refractivity contribution in [3.05, 3.63) is 11.3 Å². The maximum absolute atomic E-state index is 6.02. The van der Waals surface area contributed by atoms with Crippen LogP contribution >= 0.6 is 0 Å². The second kappa shape index (κ2) is 7.08. The maximum atomic E-state index is 6.02. The van der Waals surface area contributed by atoms with Gasteiger partial charge in [0.25, 0.3) is 0 Å². The number of hydrogen-bond acceptors (Lipinski definition) is 1. The predicted molar refractivity (Wildman–Crippen MR) is 74.9 cm³/mol. The highest BCUT2D eigenvalue weighted by Gasteiger charge is 2.28. The van der Waals surface area contributed by atoms with E-state index in [0.717, 1.165) is 6.61 Å².